The minimum Gasteiger partial charge on any atom is -0.310 e. The molecule has 4 rings (SSSR count). The first-order valence-corrected chi connectivity index (χ1v) is 7.95. The van der Waals surface area contributed by atoms with Gasteiger partial charge in [0, 0.05) is 18.7 Å². The van der Waals surface area contributed by atoms with Crippen LogP contribution in [0.3, 0.4) is 0 Å². The maximum atomic E-state index is 12.7. The van der Waals surface area contributed by atoms with Crippen molar-refractivity contribution in [3.05, 3.63) is 68.5 Å². The summed E-state index contributed by atoms with van der Waals surface area (Å²) in [7, 11) is 0. The molecule has 0 aliphatic carbocycles. The Kier molecular flexibility index (Phi) is 3.68. The van der Waals surface area contributed by atoms with Gasteiger partial charge in [-0.1, -0.05) is 23.4 Å². The molecule has 1 amide bonds. The molecule has 0 unspecified atom stereocenters. The molecular weight excluding hydrogens is 338 g/mol. The number of benzene rings is 2. The van der Waals surface area contributed by atoms with E-state index in [9.17, 15) is 19.7 Å². The van der Waals surface area contributed by atoms with E-state index in [1.54, 1.807) is 30.3 Å². The number of non-ortho nitro benzene ring substituents is 1. The van der Waals surface area contributed by atoms with Gasteiger partial charge < -0.3 is 4.90 Å². The maximum Gasteiger partial charge on any atom is 0.278 e. The van der Waals surface area contributed by atoms with Crippen LogP contribution in [0.15, 0.2) is 47.3 Å². The molecule has 0 N–H and O–H groups in total. The van der Waals surface area contributed by atoms with E-state index < -0.39 is 10.5 Å². The Hall–Kier alpha value is -3.62. The van der Waals surface area contributed by atoms with Gasteiger partial charge in [0.15, 0.2) is 0 Å². The second-order valence-electron chi connectivity index (χ2n) is 5.93. The molecule has 2 aromatic carbocycles. The van der Waals surface area contributed by atoms with Crippen molar-refractivity contribution in [3.63, 3.8) is 0 Å². The number of nitro benzene ring substituents is 1. The topological polar surface area (TPSA) is 111 Å². The maximum absolute atomic E-state index is 12.7. The molecule has 0 fully saturated rings. The summed E-state index contributed by atoms with van der Waals surface area (Å²) in [6.07, 6.45) is 0.608. The molecule has 0 bridgehead atoms. The first-order valence-electron chi connectivity index (χ1n) is 7.95. The van der Waals surface area contributed by atoms with Crippen molar-refractivity contribution in [1.82, 2.24) is 15.0 Å². The lowest BCUT2D eigenvalue weighted by molar-refractivity contribution is -0.384. The summed E-state index contributed by atoms with van der Waals surface area (Å²) in [5.74, 6) is -0.365. The number of fused-ring (bicyclic) bond motifs is 2. The zero-order valence-corrected chi connectivity index (χ0v) is 13.5. The van der Waals surface area contributed by atoms with Crippen molar-refractivity contribution >= 4 is 28.2 Å². The molecule has 2 heterocycles. The number of anilines is 1. The lowest BCUT2D eigenvalue weighted by Gasteiger charge is -2.17. The van der Waals surface area contributed by atoms with Gasteiger partial charge in [-0.05, 0) is 24.1 Å². The second-order valence-corrected chi connectivity index (χ2v) is 5.93. The second kappa shape index (κ2) is 6.03. The lowest BCUT2D eigenvalue weighted by atomic mass is 10.1. The molecule has 26 heavy (non-hydrogen) atoms. The largest absolute Gasteiger partial charge is 0.310 e. The third-order valence-electron chi connectivity index (χ3n) is 4.39. The predicted molar refractivity (Wildman–Crippen MR) is 93.0 cm³/mol. The van der Waals surface area contributed by atoms with Crippen molar-refractivity contribution < 1.29 is 9.72 Å². The standard InChI is InChI=1S/C17H13N5O4/c23-16(10-21-17(24)13-3-1-2-4-14(13)18-19-21)20-8-7-11-5-6-12(22(25)26)9-15(11)20/h1-6,9H,7-8,10H2. The third kappa shape index (κ3) is 2.59. The summed E-state index contributed by atoms with van der Waals surface area (Å²) in [4.78, 5) is 37.1. The van der Waals surface area contributed by atoms with Gasteiger partial charge in [-0.3, -0.25) is 19.7 Å². The Morgan fingerprint density at radius 2 is 2.04 bits per heavy atom. The average molecular weight is 351 g/mol. The summed E-state index contributed by atoms with van der Waals surface area (Å²) in [5, 5.41) is 19.1. The minimum absolute atomic E-state index is 0.0777. The molecule has 0 spiro atoms. The van der Waals surface area contributed by atoms with E-state index in [-0.39, 0.29) is 18.1 Å². The fourth-order valence-electron chi connectivity index (χ4n) is 3.08. The van der Waals surface area contributed by atoms with Crippen molar-refractivity contribution in [3.8, 4) is 0 Å². The van der Waals surface area contributed by atoms with E-state index in [1.165, 1.54) is 17.0 Å². The fourth-order valence-corrected chi connectivity index (χ4v) is 3.08. The molecule has 0 saturated carbocycles. The smallest absolute Gasteiger partial charge is 0.278 e. The van der Waals surface area contributed by atoms with E-state index in [2.05, 4.69) is 10.3 Å². The highest BCUT2D eigenvalue weighted by Crippen LogP contribution is 2.31. The lowest BCUT2D eigenvalue weighted by Crippen LogP contribution is -2.36. The number of amides is 1. The molecule has 1 aliphatic rings. The molecule has 1 aromatic heterocycles. The summed E-state index contributed by atoms with van der Waals surface area (Å²) in [5.41, 5.74) is 1.35. The Morgan fingerprint density at radius 1 is 1.23 bits per heavy atom. The molecule has 3 aromatic rings. The number of aromatic nitrogens is 3. The predicted octanol–water partition coefficient (Wildman–Crippen LogP) is 1.29. The highest BCUT2D eigenvalue weighted by Gasteiger charge is 2.27. The Balaban J connectivity index is 1.65. The van der Waals surface area contributed by atoms with E-state index in [1.807, 2.05) is 0 Å². The van der Waals surface area contributed by atoms with Crippen LogP contribution in [-0.2, 0) is 17.8 Å². The number of hydrogen-bond donors (Lipinski definition) is 0. The van der Waals surface area contributed by atoms with Crippen LogP contribution in [-0.4, -0.2) is 32.4 Å². The SMILES string of the molecule is O=C(Cn1nnc2ccccc2c1=O)N1CCc2ccc([N+](=O)[O-])cc21. The molecule has 0 atom stereocenters. The van der Waals surface area contributed by atoms with Gasteiger partial charge in [0.2, 0.25) is 5.91 Å². The number of hydrogen-bond acceptors (Lipinski definition) is 6. The summed E-state index contributed by atoms with van der Waals surface area (Å²) < 4.78 is 1.01. The van der Waals surface area contributed by atoms with Crippen LogP contribution >= 0.6 is 0 Å². The van der Waals surface area contributed by atoms with Crippen molar-refractivity contribution in [1.29, 1.82) is 0 Å². The van der Waals surface area contributed by atoms with Crippen LogP contribution in [0.4, 0.5) is 11.4 Å². The van der Waals surface area contributed by atoms with Crippen LogP contribution in [0.1, 0.15) is 5.56 Å². The summed E-state index contributed by atoms with van der Waals surface area (Å²) >= 11 is 0. The zero-order chi connectivity index (χ0) is 18.3. The van der Waals surface area contributed by atoms with Gasteiger partial charge in [0.05, 0.1) is 16.0 Å². The molecule has 9 heteroatoms. The fraction of sp³-hybridized carbons (Fsp3) is 0.176. The Labute approximate surface area is 146 Å². The molecule has 1 aliphatic heterocycles. The van der Waals surface area contributed by atoms with Gasteiger partial charge >= 0.3 is 0 Å². The minimum atomic E-state index is -0.499. The number of carbonyl (C=O) groups excluding carboxylic acids is 1. The Morgan fingerprint density at radius 3 is 2.85 bits per heavy atom. The Bertz CT molecular complexity index is 1110. The summed E-state index contributed by atoms with van der Waals surface area (Å²) in [6, 6.07) is 11.2. The van der Waals surface area contributed by atoms with E-state index in [0.717, 1.165) is 10.2 Å². The highest BCUT2D eigenvalue weighted by atomic mass is 16.6. The highest BCUT2D eigenvalue weighted by molar-refractivity contribution is 5.95. The zero-order valence-electron chi connectivity index (χ0n) is 13.5. The number of nitrogens with zero attached hydrogens (tertiary/aromatic N) is 5. The molecule has 0 radical (unpaired) electrons. The van der Waals surface area contributed by atoms with E-state index >= 15 is 0 Å². The van der Waals surface area contributed by atoms with Gasteiger partial charge in [-0.25, -0.2) is 4.68 Å². The first-order chi connectivity index (χ1) is 12.5. The molecule has 9 nitrogen and oxygen atoms in total. The van der Waals surface area contributed by atoms with E-state index in [4.69, 9.17) is 0 Å². The number of rotatable bonds is 3. The van der Waals surface area contributed by atoms with Crippen LogP contribution in [0.25, 0.3) is 10.9 Å². The first kappa shape index (κ1) is 15.9. The third-order valence-corrected chi connectivity index (χ3v) is 4.39. The van der Waals surface area contributed by atoms with Gasteiger partial charge in [0.1, 0.15) is 12.1 Å². The van der Waals surface area contributed by atoms with Crippen molar-refractivity contribution in [2.75, 3.05) is 11.4 Å². The quantitative estimate of drug-likeness (QED) is 0.519. The van der Waals surface area contributed by atoms with Crippen molar-refractivity contribution in [2.45, 2.75) is 13.0 Å². The summed E-state index contributed by atoms with van der Waals surface area (Å²) in [6.45, 7) is 0.129. The monoisotopic (exact) mass is 351 g/mol. The normalized spacial score (nSPS) is 13.0. The van der Waals surface area contributed by atoms with Gasteiger partial charge in [-0.15, -0.1) is 5.10 Å². The number of nitro groups is 1. The van der Waals surface area contributed by atoms with E-state index in [0.29, 0.717) is 29.6 Å². The van der Waals surface area contributed by atoms with Crippen LogP contribution in [0, 0.1) is 10.1 Å². The van der Waals surface area contributed by atoms with Crippen LogP contribution in [0.5, 0.6) is 0 Å². The van der Waals surface area contributed by atoms with Gasteiger partial charge in [0.25, 0.3) is 11.2 Å². The number of carbonyl (C=O) groups is 1. The van der Waals surface area contributed by atoms with Gasteiger partial charge in [-0.2, -0.15) is 0 Å². The average Bonchev–Trinajstić information content (AvgIpc) is 3.07. The molecule has 0 saturated heterocycles. The molecule has 130 valence electrons. The van der Waals surface area contributed by atoms with Crippen LogP contribution < -0.4 is 10.5 Å². The molecular formula is C17H13N5O4. The van der Waals surface area contributed by atoms with Crippen LogP contribution in [0.2, 0.25) is 0 Å². The van der Waals surface area contributed by atoms with Crippen molar-refractivity contribution in [2.24, 2.45) is 0 Å².